The summed E-state index contributed by atoms with van der Waals surface area (Å²) in [6.07, 6.45) is -3.44. The van der Waals surface area contributed by atoms with Crippen molar-refractivity contribution < 1.29 is 26.7 Å². The topological polar surface area (TPSA) is 119 Å². The largest absolute Gasteiger partial charge is 0.433 e. The minimum absolute atomic E-state index is 0.0599. The van der Waals surface area contributed by atoms with Crippen LogP contribution in [0.2, 0.25) is 0 Å². The standard InChI is InChI=1S/C20H16F3N5O3S2/c1-12-17(18(29)26-11-33(30)31)27-19(32-12)28(15-5-2-13(8-24)3-6-15)10-14-4-7-16(25-9-14)20(21,22)23/h2-7,9H,10-11H2,1H3,(H,26,29)(H,30,31). The van der Waals surface area contributed by atoms with Crippen molar-refractivity contribution in [3.05, 3.63) is 70.0 Å². The van der Waals surface area contributed by atoms with E-state index in [0.29, 0.717) is 26.8 Å². The molecular weight excluding hydrogens is 479 g/mol. The number of benzene rings is 1. The number of rotatable bonds is 7. The summed E-state index contributed by atoms with van der Waals surface area (Å²) in [5, 5.41) is 11.7. The number of hydrogen-bond donors (Lipinski definition) is 2. The van der Waals surface area contributed by atoms with Crippen LogP contribution in [0.25, 0.3) is 0 Å². The van der Waals surface area contributed by atoms with Crippen molar-refractivity contribution in [1.29, 1.82) is 5.26 Å². The van der Waals surface area contributed by atoms with E-state index >= 15 is 0 Å². The third-order valence-electron chi connectivity index (χ3n) is 4.35. The lowest BCUT2D eigenvalue weighted by Crippen LogP contribution is -2.27. The predicted molar refractivity (Wildman–Crippen MR) is 116 cm³/mol. The van der Waals surface area contributed by atoms with Crippen LogP contribution in [-0.2, 0) is 23.8 Å². The number of carbonyl (C=O) groups is 1. The number of thiazole rings is 1. The summed E-state index contributed by atoms with van der Waals surface area (Å²) in [6, 6.07) is 10.7. The normalized spacial score (nSPS) is 12.1. The fourth-order valence-electron chi connectivity index (χ4n) is 2.77. The summed E-state index contributed by atoms with van der Waals surface area (Å²) in [4.78, 5) is 22.4. The monoisotopic (exact) mass is 495 g/mol. The Kier molecular flexibility index (Phi) is 7.42. The maximum atomic E-state index is 12.8. The lowest BCUT2D eigenvalue weighted by molar-refractivity contribution is -0.141. The molecule has 2 heterocycles. The molecule has 8 nitrogen and oxygen atoms in total. The van der Waals surface area contributed by atoms with Gasteiger partial charge in [-0.15, -0.1) is 11.3 Å². The molecule has 0 aliphatic rings. The molecule has 3 aromatic rings. The van der Waals surface area contributed by atoms with Gasteiger partial charge in [0.1, 0.15) is 17.3 Å². The van der Waals surface area contributed by atoms with Gasteiger partial charge in [-0.1, -0.05) is 6.07 Å². The van der Waals surface area contributed by atoms with E-state index in [0.717, 1.165) is 12.3 Å². The highest BCUT2D eigenvalue weighted by Gasteiger charge is 2.32. The first-order valence-electron chi connectivity index (χ1n) is 9.21. The molecule has 2 N–H and O–H groups in total. The number of hydrogen-bond acceptors (Lipinski definition) is 7. The van der Waals surface area contributed by atoms with Crippen molar-refractivity contribution in [3.8, 4) is 6.07 Å². The Bertz CT molecular complexity index is 1210. The van der Waals surface area contributed by atoms with Crippen LogP contribution in [-0.4, -0.2) is 30.5 Å². The summed E-state index contributed by atoms with van der Waals surface area (Å²) in [5.74, 6) is -1.09. The Morgan fingerprint density at radius 2 is 1.97 bits per heavy atom. The molecular formula is C20H16F3N5O3S2. The van der Waals surface area contributed by atoms with Gasteiger partial charge in [-0.25, -0.2) is 9.19 Å². The number of halogens is 3. The van der Waals surface area contributed by atoms with Crippen LogP contribution in [0.1, 0.15) is 32.2 Å². The number of aryl methyl sites for hydroxylation is 1. The highest BCUT2D eigenvalue weighted by molar-refractivity contribution is 7.79. The molecule has 1 unspecified atom stereocenters. The third-order valence-corrected chi connectivity index (χ3v) is 5.74. The van der Waals surface area contributed by atoms with Gasteiger partial charge in [0.2, 0.25) is 0 Å². The van der Waals surface area contributed by atoms with Crippen LogP contribution in [0.4, 0.5) is 24.0 Å². The van der Waals surface area contributed by atoms with E-state index in [4.69, 9.17) is 9.81 Å². The van der Waals surface area contributed by atoms with Crippen molar-refractivity contribution >= 4 is 39.1 Å². The summed E-state index contributed by atoms with van der Waals surface area (Å²) in [6.45, 7) is 1.74. The van der Waals surface area contributed by atoms with E-state index in [-0.39, 0.29) is 12.2 Å². The third kappa shape index (κ3) is 6.13. The fourth-order valence-corrected chi connectivity index (χ4v) is 3.95. The van der Waals surface area contributed by atoms with Crippen LogP contribution >= 0.6 is 11.3 Å². The van der Waals surface area contributed by atoms with Gasteiger partial charge in [0.15, 0.2) is 16.2 Å². The number of amides is 1. The molecule has 0 radical (unpaired) electrons. The molecule has 0 bridgehead atoms. The Balaban J connectivity index is 1.96. The molecule has 33 heavy (non-hydrogen) atoms. The van der Waals surface area contributed by atoms with Gasteiger partial charge in [0, 0.05) is 16.8 Å². The minimum atomic E-state index is -4.56. The first kappa shape index (κ1) is 24.3. The van der Waals surface area contributed by atoms with Crippen LogP contribution in [0.15, 0.2) is 42.6 Å². The molecule has 0 spiro atoms. The van der Waals surface area contributed by atoms with E-state index < -0.39 is 34.7 Å². The first-order chi connectivity index (χ1) is 15.6. The van der Waals surface area contributed by atoms with Gasteiger partial charge >= 0.3 is 6.18 Å². The van der Waals surface area contributed by atoms with Gasteiger partial charge in [-0.2, -0.15) is 18.4 Å². The highest BCUT2D eigenvalue weighted by atomic mass is 32.2. The average Bonchev–Trinajstić information content (AvgIpc) is 3.17. The molecule has 172 valence electrons. The van der Waals surface area contributed by atoms with Crippen molar-refractivity contribution in [2.75, 3.05) is 10.8 Å². The molecule has 2 aromatic heterocycles. The van der Waals surface area contributed by atoms with Crippen molar-refractivity contribution in [2.45, 2.75) is 19.6 Å². The van der Waals surface area contributed by atoms with Crippen molar-refractivity contribution in [3.63, 3.8) is 0 Å². The number of carbonyl (C=O) groups excluding carboxylic acids is 1. The zero-order valence-corrected chi connectivity index (χ0v) is 18.6. The Morgan fingerprint density at radius 1 is 1.27 bits per heavy atom. The zero-order chi connectivity index (χ0) is 24.2. The van der Waals surface area contributed by atoms with Gasteiger partial charge in [-0.05, 0) is 42.8 Å². The van der Waals surface area contributed by atoms with Crippen LogP contribution < -0.4 is 10.2 Å². The molecule has 1 aromatic carbocycles. The Labute approximate surface area is 193 Å². The Hall–Kier alpha value is -3.34. The summed E-state index contributed by atoms with van der Waals surface area (Å²) in [5.41, 5.74) is 0.515. The number of aromatic nitrogens is 2. The molecule has 0 aliphatic heterocycles. The predicted octanol–water partition coefficient (Wildman–Crippen LogP) is 3.98. The summed E-state index contributed by atoms with van der Waals surface area (Å²) in [7, 11) is 0. The smallest absolute Gasteiger partial charge is 0.337 e. The Morgan fingerprint density at radius 3 is 2.52 bits per heavy atom. The second-order valence-corrected chi connectivity index (χ2v) is 8.78. The maximum absolute atomic E-state index is 12.8. The lowest BCUT2D eigenvalue weighted by Gasteiger charge is -2.22. The molecule has 0 aliphatic carbocycles. The summed E-state index contributed by atoms with van der Waals surface area (Å²) < 4.78 is 58.2. The quantitative estimate of drug-likeness (QED) is 0.476. The number of alkyl halides is 3. The highest BCUT2D eigenvalue weighted by Crippen LogP contribution is 2.34. The van der Waals surface area contributed by atoms with Gasteiger partial charge in [-0.3, -0.25) is 9.78 Å². The van der Waals surface area contributed by atoms with Gasteiger partial charge in [0.25, 0.3) is 5.91 Å². The number of nitrogens with zero attached hydrogens (tertiary/aromatic N) is 4. The average molecular weight is 496 g/mol. The second kappa shape index (κ2) is 10.1. The molecule has 0 fully saturated rings. The molecule has 0 saturated carbocycles. The number of nitrogens with one attached hydrogen (secondary N) is 1. The van der Waals surface area contributed by atoms with E-state index in [1.54, 1.807) is 36.1 Å². The number of nitriles is 1. The van der Waals surface area contributed by atoms with Crippen LogP contribution in [0.5, 0.6) is 0 Å². The molecule has 0 saturated heterocycles. The van der Waals surface area contributed by atoms with E-state index in [2.05, 4.69) is 15.3 Å². The number of anilines is 2. The van der Waals surface area contributed by atoms with Crippen LogP contribution in [0, 0.1) is 18.3 Å². The van der Waals surface area contributed by atoms with Gasteiger partial charge in [0.05, 0.1) is 18.2 Å². The van der Waals surface area contributed by atoms with Gasteiger partial charge < -0.3 is 14.8 Å². The maximum Gasteiger partial charge on any atom is 0.433 e. The molecule has 1 atom stereocenters. The summed E-state index contributed by atoms with van der Waals surface area (Å²) >= 11 is -1.05. The molecule has 13 heteroatoms. The van der Waals surface area contributed by atoms with Crippen LogP contribution in [0.3, 0.4) is 0 Å². The number of pyridine rings is 1. The molecule has 1 amide bonds. The van der Waals surface area contributed by atoms with E-state index in [9.17, 15) is 22.2 Å². The second-order valence-electron chi connectivity index (χ2n) is 6.67. The minimum Gasteiger partial charge on any atom is -0.337 e. The fraction of sp³-hybridized carbons (Fsp3) is 0.200. The molecule has 3 rings (SSSR count). The van der Waals surface area contributed by atoms with Crippen molar-refractivity contribution in [2.24, 2.45) is 0 Å². The van der Waals surface area contributed by atoms with E-state index in [1.165, 1.54) is 17.4 Å². The lowest BCUT2D eigenvalue weighted by atomic mass is 10.2. The SMILES string of the molecule is Cc1sc(N(Cc2ccc(C(F)(F)F)nc2)c2ccc(C#N)cc2)nc1C(=O)NCS(=O)O. The van der Waals surface area contributed by atoms with Crippen molar-refractivity contribution in [1.82, 2.24) is 15.3 Å². The zero-order valence-electron chi connectivity index (χ0n) is 17.0. The van der Waals surface area contributed by atoms with E-state index in [1.807, 2.05) is 6.07 Å². The first-order valence-corrected chi connectivity index (χ1v) is 11.3.